The molecule has 33 heavy (non-hydrogen) atoms. The monoisotopic (exact) mass is 442 g/mol. The Morgan fingerprint density at radius 2 is 1.64 bits per heavy atom. The first-order chi connectivity index (χ1) is 15.9. The molecule has 1 fully saturated rings. The number of carbonyl (C=O) groups is 2. The molecule has 2 aliphatic rings. The van der Waals surface area contributed by atoms with Gasteiger partial charge in [-0.25, -0.2) is 4.68 Å². The highest BCUT2D eigenvalue weighted by Gasteiger charge is 2.26. The number of anilines is 1. The van der Waals surface area contributed by atoms with Gasteiger partial charge in [-0.15, -0.1) is 0 Å². The molecule has 0 N–H and O–H groups in total. The highest BCUT2D eigenvalue weighted by Crippen LogP contribution is 2.27. The van der Waals surface area contributed by atoms with E-state index in [4.69, 9.17) is 0 Å². The molecule has 0 atom stereocenters. The maximum atomic E-state index is 13.1. The first-order valence-corrected chi connectivity index (χ1v) is 11.8. The van der Waals surface area contributed by atoms with Gasteiger partial charge in [-0.05, 0) is 75.1 Å². The van der Waals surface area contributed by atoms with Gasteiger partial charge in [-0.1, -0.05) is 12.1 Å². The first-order valence-electron chi connectivity index (χ1n) is 11.8. The summed E-state index contributed by atoms with van der Waals surface area (Å²) >= 11 is 0. The Morgan fingerprint density at radius 1 is 0.909 bits per heavy atom. The number of Topliss-reactive ketones (excluding diaryl/α,β-unsaturated/α-hetero) is 1. The Hall–Kier alpha value is -3.41. The zero-order chi connectivity index (χ0) is 23.1. The molecule has 0 saturated carbocycles. The van der Waals surface area contributed by atoms with Gasteiger partial charge in [-0.2, -0.15) is 5.10 Å². The Kier molecular flexibility index (Phi) is 5.52. The van der Waals surface area contributed by atoms with E-state index in [1.165, 1.54) is 16.8 Å². The lowest BCUT2D eigenvalue weighted by Crippen LogP contribution is -2.49. The number of hydrogen-bond acceptors (Lipinski definition) is 4. The molecule has 1 amide bonds. The smallest absolute Gasteiger partial charge is 0.253 e. The molecule has 1 saturated heterocycles. The molecule has 2 heterocycles. The lowest BCUT2D eigenvalue weighted by Gasteiger charge is -2.37. The topological polar surface area (TPSA) is 58.4 Å². The maximum absolute atomic E-state index is 13.1. The van der Waals surface area contributed by atoms with Crippen molar-refractivity contribution in [2.45, 2.75) is 40.0 Å². The van der Waals surface area contributed by atoms with E-state index in [0.717, 1.165) is 48.6 Å². The molecule has 6 heteroatoms. The van der Waals surface area contributed by atoms with Crippen molar-refractivity contribution < 1.29 is 9.59 Å². The number of benzene rings is 2. The zero-order valence-corrected chi connectivity index (χ0v) is 19.6. The van der Waals surface area contributed by atoms with Crippen molar-refractivity contribution in [2.75, 3.05) is 31.1 Å². The fraction of sp³-hybridized carbons (Fsp3) is 0.370. The predicted octanol–water partition coefficient (Wildman–Crippen LogP) is 4.28. The molecule has 0 unspecified atom stereocenters. The molecular formula is C27H30N4O2. The van der Waals surface area contributed by atoms with Crippen LogP contribution in [0.25, 0.3) is 5.69 Å². The maximum Gasteiger partial charge on any atom is 0.253 e. The summed E-state index contributed by atoms with van der Waals surface area (Å²) in [5.41, 5.74) is 7.94. The van der Waals surface area contributed by atoms with Crippen LogP contribution in [0.1, 0.15) is 56.1 Å². The van der Waals surface area contributed by atoms with Gasteiger partial charge >= 0.3 is 0 Å². The van der Waals surface area contributed by atoms with E-state index in [0.29, 0.717) is 25.1 Å². The highest BCUT2D eigenvalue weighted by atomic mass is 16.2. The molecule has 6 nitrogen and oxygen atoms in total. The third-order valence-electron chi connectivity index (χ3n) is 6.88. The average molecular weight is 443 g/mol. The third-order valence-corrected chi connectivity index (χ3v) is 6.88. The molecule has 5 rings (SSSR count). The number of aryl methyl sites for hydroxylation is 3. The lowest BCUT2D eigenvalue weighted by molar-refractivity contribution is 0.0746. The number of piperazine rings is 1. The summed E-state index contributed by atoms with van der Waals surface area (Å²) in [6.07, 6.45) is 2.32. The molecule has 0 bridgehead atoms. The number of ketones is 1. The predicted molar refractivity (Wildman–Crippen MR) is 130 cm³/mol. The van der Waals surface area contributed by atoms with Gasteiger partial charge in [0, 0.05) is 43.9 Å². The minimum absolute atomic E-state index is 0.0658. The number of carbonyl (C=O) groups excluding carboxylic acids is 2. The van der Waals surface area contributed by atoms with Crippen LogP contribution in [0.2, 0.25) is 0 Å². The van der Waals surface area contributed by atoms with Crippen LogP contribution in [0.15, 0.2) is 42.5 Å². The number of amides is 1. The van der Waals surface area contributed by atoms with Crippen molar-refractivity contribution in [3.8, 4) is 5.69 Å². The second kappa shape index (κ2) is 8.50. The molecule has 0 spiro atoms. The van der Waals surface area contributed by atoms with E-state index in [9.17, 15) is 9.59 Å². The summed E-state index contributed by atoms with van der Waals surface area (Å²) in [5.74, 6) is 0.253. The molecule has 1 aliphatic heterocycles. The number of fused-ring (bicyclic) bond motifs is 1. The lowest BCUT2D eigenvalue weighted by atomic mass is 9.94. The second-order valence-corrected chi connectivity index (χ2v) is 9.21. The van der Waals surface area contributed by atoms with Crippen LogP contribution in [-0.4, -0.2) is 52.5 Å². The quantitative estimate of drug-likeness (QED) is 0.608. The molecule has 0 radical (unpaired) electrons. The fourth-order valence-electron chi connectivity index (χ4n) is 5.06. The molecular weight excluding hydrogens is 412 g/mol. The van der Waals surface area contributed by atoms with Crippen LogP contribution in [0, 0.1) is 20.8 Å². The highest BCUT2D eigenvalue weighted by molar-refractivity contribution is 5.99. The van der Waals surface area contributed by atoms with E-state index in [1.807, 2.05) is 40.8 Å². The Morgan fingerprint density at radius 3 is 2.36 bits per heavy atom. The third kappa shape index (κ3) is 3.94. The minimum Gasteiger partial charge on any atom is -0.368 e. The standard InChI is InChI=1S/C27H30N4O2/c1-18-7-8-19(2)24(17-18)29-13-15-30(16-14-29)27(33)21-9-11-22(12-10-21)31-23-5-4-6-25(32)26(23)20(3)28-31/h7-12,17H,4-6,13-16H2,1-3H3. The summed E-state index contributed by atoms with van der Waals surface area (Å²) < 4.78 is 1.87. The van der Waals surface area contributed by atoms with Gasteiger partial charge in [-0.3, -0.25) is 9.59 Å². The fourth-order valence-corrected chi connectivity index (χ4v) is 5.06. The first kappa shape index (κ1) is 21.4. The van der Waals surface area contributed by atoms with Gasteiger partial charge in [0.25, 0.3) is 5.91 Å². The van der Waals surface area contributed by atoms with Gasteiger partial charge in [0.15, 0.2) is 5.78 Å². The van der Waals surface area contributed by atoms with Crippen molar-refractivity contribution in [1.82, 2.24) is 14.7 Å². The zero-order valence-electron chi connectivity index (χ0n) is 19.6. The Balaban J connectivity index is 1.29. The molecule has 2 aromatic carbocycles. The van der Waals surface area contributed by atoms with Crippen molar-refractivity contribution >= 4 is 17.4 Å². The molecule has 1 aliphatic carbocycles. The largest absolute Gasteiger partial charge is 0.368 e. The summed E-state index contributed by atoms with van der Waals surface area (Å²) in [5, 5.41) is 4.62. The van der Waals surface area contributed by atoms with Crippen molar-refractivity contribution in [1.29, 1.82) is 0 Å². The van der Waals surface area contributed by atoms with Crippen molar-refractivity contribution in [3.05, 3.63) is 76.1 Å². The van der Waals surface area contributed by atoms with Gasteiger partial charge in [0.1, 0.15) is 0 Å². The summed E-state index contributed by atoms with van der Waals surface area (Å²) in [7, 11) is 0. The summed E-state index contributed by atoms with van der Waals surface area (Å²) in [6, 6.07) is 14.2. The summed E-state index contributed by atoms with van der Waals surface area (Å²) in [6.45, 7) is 9.24. The number of rotatable bonds is 3. The minimum atomic E-state index is 0.0658. The van der Waals surface area contributed by atoms with E-state index in [1.54, 1.807) is 0 Å². The van der Waals surface area contributed by atoms with Gasteiger partial charge in [0.05, 0.1) is 22.6 Å². The van der Waals surface area contributed by atoms with Crippen LogP contribution < -0.4 is 4.90 Å². The van der Waals surface area contributed by atoms with E-state index < -0.39 is 0 Å². The number of aromatic nitrogens is 2. The van der Waals surface area contributed by atoms with Crippen LogP contribution in [0.3, 0.4) is 0 Å². The van der Waals surface area contributed by atoms with Crippen LogP contribution in [-0.2, 0) is 6.42 Å². The van der Waals surface area contributed by atoms with Crippen molar-refractivity contribution in [3.63, 3.8) is 0 Å². The van der Waals surface area contributed by atoms with Gasteiger partial charge in [0.2, 0.25) is 0 Å². The van der Waals surface area contributed by atoms with Crippen molar-refractivity contribution in [2.24, 2.45) is 0 Å². The molecule has 3 aromatic rings. The van der Waals surface area contributed by atoms with Crippen LogP contribution in [0.4, 0.5) is 5.69 Å². The normalized spacial score (nSPS) is 16.2. The van der Waals surface area contributed by atoms with Crippen LogP contribution >= 0.6 is 0 Å². The van der Waals surface area contributed by atoms with Crippen LogP contribution in [0.5, 0.6) is 0 Å². The van der Waals surface area contributed by atoms with Gasteiger partial charge < -0.3 is 9.80 Å². The SMILES string of the molecule is Cc1ccc(C)c(N2CCN(C(=O)c3ccc(-n4nc(C)c5c4CCCC5=O)cc3)CC2)c1. The second-order valence-electron chi connectivity index (χ2n) is 9.21. The van der Waals surface area contributed by atoms with E-state index in [2.05, 4.69) is 42.0 Å². The van der Waals surface area contributed by atoms with E-state index >= 15 is 0 Å². The average Bonchev–Trinajstić information content (AvgIpc) is 3.18. The Labute approximate surface area is 194 Å². The van der Waals surface area contributed by atoms with E-state index in [-0.39, 0.29) is 11.7 Å². The number of hydrogen-bond donors (Lipinski definition) is 0. The Bertz CT molecular complexity index is 1220. The summed E-state index contributed by atoms with van der Waals surface area (Å²) in [4.78, 5) is 29.8. The molecule has 170 valence electrons. The number of nitrogens with zero attached hydrogens (tertiary/aromatic N) is 4. The molecule has 1 aromatic heterocycles.